The molecule has 2 aromatic rings. The van der Waals surface area contributed by atoms with E-state index in [2.05, 4.69) is 6.92 Å². The molecule has 178 valence electrons. The van der Waals surface area contributed by atoms with Crippen molar-refractivity contribution in [3.8, 4) is 5.75 Å². The van der Waals surface area contributed by atoms with Crippen LogP contribution in [-0.2, 0) is 10.6 Å². The molecule has 1 aliphatic carbocycles. The lowest BCUT2D eigenvalue weighted by Gasteiger charge is -2.29. The summed E-state index contributed by atoms with van der Waals surface area (Å²) in [4.78, 5) is 0. The molecule has 9 heteroatoms. The summed E-state index contributed by atoms with van der Waals surface area (Å²) in [6, 6.07) is 5.90. The molecule has 1 aliphatic rings. The maximum atomic E-state index is 14.0. The summed E-state index contributed by atoms with van der Waals surface area (Å²) in [5.74, 6) is 0.245. The minimum Gasteiger partial charge on any atom is -0.490 e. The van der Waals surface area contributed by atoms with Crippen molar-refractivity contribution in [2.75, 3.05) is 0 Å². The van der Waals surface area contributed by atoms with E-state index in [1.807, 2.05) is 0 Å². The van der Waals surface area contributed by atoms with E-state index in [1.165, 1.54) is 12.1 Å². The number of rotatable bonds is 5. The van der Waals surface area contributed by atoms with Crippen LogP contribution in [0, 0.1) is 5.92 Å². The van der Waals surface area contributed by atoms with Gasteiger partial charge in [-0.15, -0.1) is 0 Å². The maximum absolute atomic E-state index is 14.0. The maximum Gasteiger partial charge on any atom is 0.420 e. The van der Waals surface area contributed by atoms with Gasteiger partial charge in [0.25, 0.3) is 0 Å². The average molecular weight is 479 g/mol. The fourth-order valence-electron chi connectivity index (χ4n) is 4.09. The van der Waals surface area contributed by atoms with Crippen molar-refractivity contribution < 1.29 is 35.5 Å². The lowest BCUT2D eigenvalue weighted by Crippen LogP contribution is -2.35. The molecule has 0 heterocycles. The van der Waals surface area contributed by atoms with Gasteiger partial charge >= 0.3 is 12.4 Å². The predicted octanol–water partition coefficient (Wildman–Crippen LogP) is 8.27. The number of alkyl halides is 6. The topological polar surface area (TPSA) is 18.5 Å². The third-order valence-corrected chi connectivity index (χ3v) is 6.56. The lowest BCUT2D eigenvalue weighted by molar-refractivity contribution is -0.200. The Morgan fingerprint density at radius 1 is 0.906 bits per heavy atom. The van der Waals surface area contributed by atoms with Crippen LogP contribution >= 0.6 is 0 Å². The van der Waals surface area contributed by atoms with Gasteiger partial charge in [-0.3, -0.25) is 0 Å². The number of benzene rings is 2. The Bertz CT molecular complexity index is 940. The minimum atomic E-state index is -4.71. The van der Waals surface area contributed by atoms with Crippen LogP contribution in [0.4, 0.5) is 26.3 Å². The molecular weight excluding hydrogens is 450 g/mol. The third kappa shape index (κ3) is 5.98. The van der Waals surface area contributed by atoms with Crippen molar-refractivity contribution in [3.63, 3.8) is 0 Å². The predicted molar refractivity (Wildman–Crippen MR) is 114 cm³/mol. The van der Waals surface area contributed by atoms with Crippen molar-refractivity contribution in [1.29, 1.82) is 0 Å². The van der Waals surface area contributed by atoms with Crippen LogP contribution in [-0.4, -0.2) is 20.6 Å². The summed E-state index contributed by atoms with van der Waals surface area (Å²) < 4.78 is 94.0. The van der Waals surface area contributed by atoms with Crippen molar-refractivity contribution in [2.45, 2.75) is 76.8 Å². The number of fused-ring (bicyclic) bond motifs is 1. The van der Waals surface area contributed by atoms with E-state index in [1.54, 1.807) is 19.6 Å². The highest BCUT2D eigenvalue weighted by Crippen LogP contribution is 2.44. The molecule has 3 rings (SSSR count). The third-order valence-electron chi connectivity index (χ3n) is 5.62. The summed E-state index contributed by atoms with van der Waals surface area (Å²) >= 11 is 0. The van der Waals surface area contributed by atoms with Gasteiger partial charge in [0.1, 0.15) is 11.3 Å². The lowest BCUT2D eigenvalue weighted by atomic mass is 9.89. The molecule has 0 aliphatic heterocycles. The zero-order chi connectivity index (χ0) is 23.9. The van der Waals surface area contributed by atoms with E-state index in [0.29, 0.717) is 18.8 Å². The van der Waals surface area contributed by atoms with Gasteiger partial charge in [0.2, 0.25) is 0 Å². The van der Waals surface area contributed by atoms with Gasteiger partial charge in [-0.05, 0) is 79.7 Å². The van der Waals surface area contributed by atoms with Gasteiger partial charge in [-0.1, -0.05) is 25.1 Å². The SMILES string of the molecule is C[Si](C)(C)OC(c1ccc2c(C(F)(F)F)c(O[C@H]3CC[C@@H](C)CC3)ccc2c1)C(F)(F)F. The number of hydrogen-bond acceptors (Lipinski definition) is 2. The van der Waals surface area contributed by atoms with Gasteiger partial charge in [-0.25, -0.2) is 0 Å². The molecule has 2 aromatic carbocycles. The first-order chi connectivity index (χ1) is 14.6. The van der Waals surface area contributed by atoms with E-state index >= 15 is 0 Å². The molecule has 1 saturated carbocycles. The zero-order valence-corrected chi connectivity index (χ0v) is 19.5. The average Bonchev–Trinajstić information content (AvgIpc) is 2.65. The molecule has 1 fully saturated rings. The number of hydrogen-bond donors (Lipinski definition) is 0. The smallest absolute Gasteiger partial charge is 0.420 e. The first-order valence-electron chi connectivity index (χ1n) is 10.7. The van der Waals surface area contributed by atoms with Gasteiger partial charge in [0.05, 0.1) is 6.10 Å². The minimum absolute atomic E-state index is 0.0628. The Morgan fingerprint density at radius 2 is 1.53 bits per heavy atom. The van der Waals surface area contributed by atoms with Crippen LogP contribution in [0.1, 0.15) is 49.8 Å². The summed E-state index contributed by atoms with van der Waals surface area (Å²) in [5, 5.41) is -0.121. The van der Waals surface area contributed by atoms with Gasteiger partial charge in [-0.2, -0.15) is 26.3 Å². The first-order valence-corrected chi connectivity index (χ1v) is 14.1. The fourth-order valence-corrected chi connectivity index (χ4v) is 5.06. The standard InChI is InChI=1S/C23H28F6O2Si/c1-14-5-9-17(10-6-14)30-19-12-8-15-13-16(7-11-18(15)20(19)22(24,25)26)21(23(27,28)29)31-32(2,3)4/h7-8,11-14,17,21H,5-6,9-10H2,1-4H3/t14-,17+,21?. The summed E-state index contributed by atoms with van der Waals surface area (Å²) in [6.45, 7) is 6.99. The zero-order valence-electron chi connectivity index (χ0n) is 18.5. The fraction of sp³-hybridized carbons (Fsp3) is 0.565. The Kier molecular flexibility index (Phi) is 6.92. The first kappa shape index (κ1) is 24.9. The van der Waals surface area contributed by atoms with Crippen molar-refractivity contribution in [2.24, 2.45) is 5.92 Å². The van der Waals surface area contributed by atoms with Crippen LogP contribution in [0.2, 0.25) is 19.6 Å². The van der Waals surface area contributed by atoms with Gasteiger partial charge < -0.3 is 9.16 Å². The summed E-state index contributed by atoms with van der Waals surface area (Å²) in [5.41, 5.74) is -1.16. The van der Waals surface area contributed by atoms with Gasteiger partial charge in [0, 0.05) is 0 Å². The Morgan fingerprint density at radius 3 is 2.06 bits per heavy atom. The van der Waals surface area contributed by atoms with Crippen LogP contribution in [0.15, 0.2) is 30.3 Å². The second-order valence-electron chi connectivity index (χ2n) is 9.57. The monoisotopic (exact) mass is 478 g/mol. The van der Waals surface area contributed by atoms with Gasteiger partial charge in [0.15, 0.2) is 14.4 Å². The van der Waals surface area contributed by atoms with E-state index in [-0.39, 0.29) is 28.2 Å². The second-order valence-corrected chi connectivity index (χ2v) is 14.0. The highest BCUT2D eigenvalue weighted by Gasteiger charge is 2.44. The molecule has 0 saturated heterocycles. The molecule has 2 nitrogen and oxygen atoms in total. The Balaban J connectivity index is 2.03. The van der Waals surface area contributed by atoms with E-state index < -0.39 is 32.3 Å². The molecule has 0 aromatic heterocycles. The molecule has 0 amide bonds. The summed E-state index contributed by atoms with van der Waals surface area (Å²) in [6.07, 6.45) is -8.75. The molecular formula is C23H28F6O2Si. The second kappa shape index (κ2) is 8.89. The van der Waals surface area contributed by atoms with E-state index in [9.17, 15) is 26.3 Å². The van der Waals surface area contributed by atoms with Crippen molar-refractivity contribution in [3.05, 3.63) is 41.5 Å². The Labute approximate surface area is 185 Å². The summed E-state index contributed by atoms with van der Waals surface area (Å²) in [7, 11) is -2.58. The van der Waals surface area contributed by atoms with Crippen LogP contribution in [0.25, 0.3) is 10.8 Å². The van der Waals surface area contributed by atoms with Crippen molar-refractivity contribution in [1.82, 2.24) is 0 Å². The largest absolute Gasteiger partial charge is 0.490 e. The quantitative estimate of drug-likeness (QED) is 0.318. The van der Waals surface area contributed by atoms with Crippen LogP contribution in [0.5, 0.6) is 5.75 Å². The molecule has 0 spiro atoms. The normalized spacial score (nSPS) is 21.6. The molecule has 1 atom stereocenters. The molecule has 0 N–H and O–H groups in total. The molecule has 0 bridgehead atoms. The van der Waals surface area contributed by atoms with Crippen molar-refractivity contribution >= 4 is 19.1 Å². The van der Waals surface area contributed by atoms with Crippen LogP contribution < -0.4 is 4.74 Å². The highest BCUT2D eigenvalue weighted by atomic mass is 28.4. The van der Waals surface area contributed by atoms with E-state index in [4.69, 9.17) is 9.16 Å². The number of halogens is 6. The van der Waals surface area contributed by atoms with Crippen LogP contribution in [0.3, 0.4) is 0 Å². The Hall–Kier alpha value is -1.74. The molecule has 0 radical (unpaired) electrons. The number of ether oxygens (including phenoxy) is 1. The van der Waals surface area contributed by atoms with E-state index in [0.717, 1.165) is 31.0 Å². The molecule has 32 heavy (non-hydrogen) atoms. The molecule has 1 unspecified atom stereocenters. The highest BCUT2D eigenvalue weighted by molar-refractivity contribution is 6.69.